The topological polar surface area (TPSA) is 345 Å². The van der Waals surface area contributed by atoms with Crippen LogP contribution >= 0.6 is 45.6 Å². The van der Waals surface area contributed by atoms with Crippen molar-refractivity contribution >= 4 is 45.6 Å². The predicted molar refractivity (Wildman–Crippen MR) is 232 cm³/mol. The van der Waals surface area contributed by atoms with E-state index in [0.29, 0.717) is 0 Å². The van der Waals surface area contributed by atoms with Crippen LogP contribution in [0.1, 0.15) is 194 Å². The summed E-state index contributed by atoms with van der Waals surface area (Å²) >= 11 is 0. The number of hydrogen-bond acceptors (Lipinski definition) is 6. The summed E-state index contributed by atoms with van der Waals surface area (Å²) in [6, 6.07) is 0. The third-order valence-electron chi connectivity index (χ3n) is 14.7. The summed E-state index contributed by atoms with van der Waals surface area (Å²) in [4.78, 5) is 141. The lowest BCUT2D eigenvalue weighted by Crippen LogP contribution is -2.47. The Morgan fingerprint density at radius 2 is 0.300 bits per heavy atom. The van der Waals surface area contributed by atoms with Crippen molar-refractivity contribution in [3.05, 3.63) is 33.4 Å². The highest BCUT2D eigenvalue weighted by Crippen LogP contribution is 2.79. The Kier molecular flexibility index (Phi) is 18.6. The van der Waals surface area contributed by atoms with Crippen LogP contribution in [0.25, 0.3) is 0 Å². The van der Waals surface area contributed by atoms with Crippen LogP contribution in [-0.2, 0) is 58.3 Å². The Morgan fingerprint density at radius 3 is 0.333 bits per heavy atom. The molecule has 354 valence electrons. The van der Waals surface area contributed by atoms with Gasteiger partial charge in [0.25, 0.3) is 0 Å². The molecular formula is C36H72O18P6. The van der Waals surface area contributed by atoms with Gasteiger partial charge >= 0.3 is 45.6 Å². The lowest BCUT2D eigenvalue weighted by molar-refractivity contribution is 0.274. The maximum absolute atomic E-state index is 14.5. The van der Waals surface area contributed by atoms with E-state index in [4.69, 9.17) is 0 Å². The third kappa shape index (κ3) is 8.41. The summed E-state index contributed by atoms with van der Waals surface area (Å²) in [7, 11) is -35.3. The molecule has 0 saturated heterocycles. The zero-order chi connectivity index (χ0) is 47.9. The molecule has 0 aliphatic rings. The molecule has 0 fully saturated rings. The quantitative estimate of drug-likeness (QED) is 0.0430. The molecule has 0 heterocycles. The van der Waals surface area contributed by atoms with Crippen molar-refractivity contribution in [2.75, 3.05) is 0 Å². The minimum Gasteiger partial charge on any atom is -0.324 e. The minimum absolute atomic E-state index is 0.672. The van der Waals surface area contributed by atoms with Crippen LogP contribution < -0.4 is 0 Å². The molecule has 0 saturated carbocycles. The molecule has 18 nitrogen and oxygen atoms in total. The largest absolute Gasteiger partial charge is 0.335 e. The van der Waals surface area contributed by atoms with E-state index >= 15 is 0 Å². The fourth-order valence-electron chi connectivity index (χ4n) is 10.5. The fraction of sp³-hybridized carbons (Fsp3) is 0.833. The van der Waals surface area contributed by atoms with Crippen LogP contribution in [0, 0.1) is 0 Å². The zero-order valence-corrected chi connectivity index (χ0v) is 42.4. The summed E-state index contributed by atoms with van der Waals surface area (Å²) in [6.07, 6.45) is -8.06. The van der Waals surface area contributed by atoms with Crippen molar-refractivity contribution in [2.45, 2.75) is 191 Å². The van der Waals surface area contributed by atoms with E-state index in [1.165, 1.54) is 83.1 Å². The molecule has 1 aromatic carbocycles. The Morgan fingerprint density at radius 1 is 0.233 bits per heavy atom. The smallest absolute Gasteiger partial charge is 0.324 e. The molecule has 12 N–H and O–H groups in total. The molecule has 0 radical (unpaired) electrons. The summed E-state index contributed by atoms with van der Waals surface area (Å²) in [5, 5.41) is -16.7. The van der Waals surface area contributed by atoms with Gasteiger partial charge in [0, 0.05) is 0 Å². The average molecular weight is 979 g/mol. The van der Waals surface area contributed by atoms with Crippen molar-refractivity contribution in [3.8, 4) is 0 Å². The van der Waals surface area contributed by atoms with Gasteiger partial charge in [0.2, 0.25) is 0 Å². The highest BCUT2D eigenvalue weighted by atomic mass is 31.2. The van der Waals surface area contributed by atoms with Crippen molar-refractivity contribution in [2.24, 2.45) is 0 Å². The van der Waals surface area contributed by atoms with Gasteiger partial charge in [0.1, 0.15) is 0 Å². The molecule has 0 unspecified atom stereocenters. The van der Waals surface area contributed by atoms with Crippen LogP contribution in [0.3, 0.4) is 0 Å². The van der Waals surface area contributed by atoms with Crippen LogP contribution in [0.2, 0.25) is 0 Å². The van der Waals surface area contributed by atoms with Gasteiger partial charge in [0.05, 0.1) is 30.9 Å². The first-order chi connectivity index (χ1) is 27.0. The SMILES string of the molecule is CCC(CC)(c1c(C(CC)(CC)P(=O)(O)O)c(C(CC)(CC)P(=O)(O)O)c(C(CC)(CC)P(=O)(O)O)c(C(CC)(CC)P(=O)(O)O)c1C(CC)(CC)P(=O)(O)O)P(=O)(O)O. The molecule has 0 spiro atoms. The summed E-state index contributed by atoms with van der Waals surface area (Å²) < 4.78 is 87.3. The fourth-order valence-corrected chi connectivity index (χ4v) is 18.5. The van der Waals surface area contributed by atoms with E-state index in [1.807, 2.05) is 0 Å². The molecule has 1 aromatic rings. The highest BCUT2D eigenvalue weighted by molar-refractivity contribution is 7.55. The molecular weight excluding hydrogens is 906 g/mol. The molecule has 1 rings (SSSR count). The number of rotatable bonds is 24. The Balaban J connectivity index is 6.82. The first-order valence-electron chi connectivity index (χ1n) is 20.6. The molecule has 0 aromatic heterocycles. The van der Waals surface area contributed by atoms with Crippen molar-refractivity contribution < 1.29 is 86.1 Å². The van der Waals surface area contributed by atoms with Gasteiger partial charge in [0.15, 0.2) is 0 Å². The second-order valence-electron chi connectivity index (χ2n) is 15.9. The van der Waals surface area contributed by atoms with E-state index in [1.54, 1.807) is 0 Å². The monoisotopic (exact) mass is 978 g/mol. The van der Waals surface area contributed by atoms with E-state index in [0.717, 1.165) is 0 Å². The van der Waals surface area contributed by atoms with E-state index in [9.17, 15) is 86.1 Å². The van der Waals surface area contributed by atoms with Crippen LogP contribution in [0.4, 0.5) is 0 Å². The normalized spacial score (nSPS) is 15.2. The van der Waals surface area contributed by atoms with Crippen molar-refractivity contribution in [1.82, 2.24) is 0 Å². The lowest BCUT2D eigenvalue weighted by atomic mass is 9.62. The lowest BCUT2D eigenvalue weighted by Gasteiger charge is -2.54. The maximum atomic E-state index is 14.5. The third-order valence-corrected chi connectivity index (χ3v) is 26.5. The standard InChI is InChI=1S/C36H72O18P6/c1-13-31(14-2,55(37,38)39)25-26(32(15-3,16-4)56(40,41)42)28(34(19-7,20-8)58(46,47)48)30(36(23-11,24-12)60(52,53)54)29(35(21-9,22-10)59(49,50)51)27(25)33(17-5,18-6)57(43,44)45/h13-24H2,1-12H3,(H2,37,38,39)(H2,40,41,42)(H2,43,44,45)(H2,46,47,48)(H2,49,50,51)(H2,52,53,54). The molecule has 0 bridgehead atoms. The summed E-state index contributed by atoms with van der Waals surface area (Å²) in [5.74, 6) is 0. The van der Waals surface area contributed by atoms with Crippen LogP contribution in [0.5, 0.6) is 0 Å². The van der Waals surface area contributed by atoms with E-state index < -0.39 is 187 Å². The highest BCUT2D eigenvalue weighted by Gasteiger charge is 2.67. The molecule has 0 aliphatic carbocycles. The maximum Gasteiger partial charge on any atom is 0.335 e. The number of hydrogen-bond donors (Lipinski definition) is 12. The Hall–Kier alpha value is 0.120. The van der Waals surface area contributed by atoms with Gasteiger partial charge in [-0.05, 0) is 110 Å². The van der Waals surface area contributed by atoms with Gasteiger partial charge < -0.3 is 58.7 Å². The molecule has 0 amide bonds. The van der Waals surface area contributed by atoms with Crippen molar-refractivity contribution in [3.63, 3.8) is 0 Å². The number of benzene rings is 1. The minimum atomic E-state index is -5.88. The van der Waals surface area contributed by atoms with Gasteiger partial charge in [-0.25, -0.2) is 0 Å². The summed E-state index contributed by atoms with van der Waals surface area (Å²) in [6.45, 7) is 15.3. The molecule has 0 aliphatic heterocycles. The van der Waals surface area contributed by atoms with E-state index in [-0.39, 0.29) is 0 Å². The molecule has 0 atom stereocenters. The van der Waals surface area contributed by atoms with Crippen LogP contribution in [0.15, 0.2) is 0 Å². The second kappa shape index (κ2) is 19.1. The van der Waals surface area contributed by atoms with Gasteiger partial charge in [-0.15, -0.1) is 0 Å². The second-order valence-corrected chi connectivity index (χ2v) is 27.6. The summed E-state index contributed by atoms with van der Waals surface area (Å²) in [5.41, 5.74) is -5.17. The van der Waals surface area contributed by atoms with Crippen molar-refractivity contribution in [1.29, 1.82) is 0 Å². The van der Waals surface area contributed by atoms with Crippen LogP contribution in [-0.4, -0.2) is 58.7 Å². The van der Waals surface area contributed by atoms with Gasteiger partial charge in [-0.1, -0.05) is 83.1 Å². The first-order valence-corrected chi connectivity index (χ1v) is 30.2. The Bertz CT molecular complexity index is 1590. The first kappa shape index (κ1) is 58.1. The van der Waals surface area contributed by atoms with Gasteiger partial charge in [-0.3, -0.25) is 27.4 Å². The average Bonchev–Trinajstić information content (AvgIpc) is 3.11. The molecule has 24 heteroatoms. The molecule has 60 heavy (non-hydrogen) atoms. The zero-order valence-electron chi connectivity index (χ0n) is 37.0. The van der Waals surface area contributed by atoms with E-state index in [2.05, 4.69) is 0 Å². The van der Waals surface area contributed by atoms with Gasteiger partial charge in [-0.2, -0.15) is 0 Å². The predicted octanol–water partition coefficient (Wildman–Crippen LogP) is 8.84. The Labute approximate surface area is 355 Å².